The molecule has 0 radical (unpaired) electrons. The van der Waals surface area contributed by atoms with Crippen molar-refractivity contribution in [2.75, 3.05) is 12.8 Å². The molecule has 2 aliphatic rings. The molecule has 0 bridgehead atoms. The number of carbonyl (C=O) groups is 1. The third-order valence-electron chi connectivity index (χ3n) is 5.04. The number of amides is 1. The van der Waals surface area contributed by atoms with Crippen molar-refractivity contribution in [1.82, 2.24) is 9.62 Å². The number of alkyl halides is 1. The van der Waals surface area contributed by atoms with Gasteiger partial charge in [0.05, 0.1) is 12.3 Å². The second-order valence-electron chi connectivity index (χ2n) is 7.00. The molecule has 1 saturated heterocycles. The van der Waals surface area contributed by atoms with Gasteiger partial charge in [0.25, 0.3) is 5.91 Å². The highest BCUT2D eigenvalue weighted by molar-refractivity contribution is 9.10. The van der Waals surface area contributed by atoms with Gasteiger partial charge in [0.15, 0.2) is 5.67 Å². The number of benzene rings is 1. The Balaban J connectivity index is 1.85. The molecule has 1 heterocycles. The quantitative estimate of drug-likeness (QED) is 0.776. The minimum atomic E-state index is -3.41. The Morgan fingerprint density at radius 3 is 2.72 bits per heavy atom. The van der Waals surface area contributed by atoms with Gasteiger partial charge >= 0.3 is 0 Å². The van der Waals surface area contributed by atoms with E-state index in [1.54, 1.807) is 4.90 Å². The topological polar surface area (TPSA) is 66.5 Å². The van der Waals surface area contributed by atoms with Crippen LogP contribution in [0.15, 0.2) is 28.7 Å². The molecule has 0 unspecified atom stereocenters. The lowest BCUT2D eigenvalue weighted by Crippen LogP contribution is -2.55. The van der Waals surface area contributed by atoms with E-state index in [9.17, 15) is 17.6 Å². The van der Waals surface area contributed by atoms with Crippen molar-refractivity contribution in [2.24, 2.45) is 0 Å². The zero-order chi connectivity index (χ0) is 18.2. The average molecular weight is 433 g/mol. The van der Waals surface area contributed by atoms with Gasteiger partial charge < -0.3 is 4.90 Å². The smallest absolute Gasteiger partial charge is 0.260 e. The van der Waals surface area contributed by atoms with Crippen LogP contribution in [-0.2, 0) is 21.2 Å². The molecule has 1 N–H and O–H groups in total. The van der Waals surface area contributed by atoms with Crippen LogP contribution in [0.4, 0.5) is 4.39 Å². The standard InChI is InChI=1S/C17H22BrFN2O3S/c1-25(23,24)20-14-6-9-21(16(22)17(19)7-3-8-17)15(14)11-12-4-2-5-13(18)10-12/h2,4-5,10,14-15,20H,3,6-9,11H2,1H3/t14-,15-/m0/s1. The second kappa shape index (κ2) is 6.96. The molecular formula is C17H22BrFN2O3S. The predicted octanol–water partition coefficient (Wildman–Crippen LogP) is 2.40. The number of carbonyl (C=O) groups excluding carboxylic acids is 1. The molecule has 25 heavy (non-hydrogen) atoms. The van der Waals surface area contributed by atoms with Crippen LogP contribution < -0.4 is 4.72 Å². The summed E-state index contributed by atoms with van der Waals surface area (Å²) in [5.41, 5.74) is -0.795. The molecule has 1 aromatic rings. The van der Waals surface area contributed by atoms with Crippen molar-refractivity contribution in [2.45, 2.75) is 49.9 Å². The van der Waals surface area contributed by atoms with Crippen LogP contribution in [0, 0.1) is 0 Å². The van der Waals surface area contributed by atoms with E-state index in [1.807, 2.05) is 24.3 Å². The molecule has 2 atom stereocenters. The van der Waals surface area contributed by atoms with Crippen molar-refractivity contribution in [3.8, 4) is 0 Å². The highest BCUT2D eigenvalue weighted by Crippen LogP contribution is 2.39. The monoisotopic (exact) mass is 432 g/mol. The molecule has 1 aliphatic carbocycles. The van der Waals surface area contributed by atoms with Gasteiger partial charge in [0.2, 0.25) is 10.0 Å². The molecule has 1 amide bonds. The van der Waals surface area contributed by atoms with E-state index in [4.69, 9.17) is 0 Å². The Morgan fingerprint density at radius 2 is 2.16 bits per heavy atom. The Morgan fingerprint density at radius 1 is 1.44 bits per heavy atom. The van der Waals surface area contributed by atoms with Gasteiger partial charge in [0, 0.05) is 17.1 Å². The van der Waals surface area contributed by atoms with E-state index < -0.39 is 27.6 Å². The van der Waals surface area contributed by atoms with Gasteiger partial charge in [-0.05, 0) is 49.8 Å². The summed E-state index contributed by atoms with van der Waals surface area (Å²) < 4.78 is 41.6. The number of likely N-dealkylation sites (tertiary alicyclic amines) is 1. The van der Waals surface area contributed by atoms with E-state index in [0.717, 1.165) is 22.7 Å². The summed E-state index contributed by atoms with van der Waals surface area (Å²) in [5.74, 6) is -0.489. The summed E-state index contributed by atoms with van der Waals surface area (Å²) in [6.45, 7) is 0.371. The fraction of sp³-hybridized carbons (Fsp3) is 0.588. The van der Waals surface area contributed by atoms with E-state index in [1.165, 1.54) is 0 Å². The molecular weight excluding hydrogens is 411 g/mol. The van der Waals surface area contributed by atoms with Crippen molar-refractivity contribution >= 4 is 31.9 Å². The van der Waals surface area contributed by atoms with Crippen LogP contribution in [-0.4, -0.2) is 49.8 Å². The molecule has 1 aromatic carbocycles. The molecule has 0 aromatic heterocycles. The van der Waals surface area contributed by atoms with Crippen molar-refractivity contribution < 1.29 is 17.6 Å². The highest BCUT2D eigenvalue weighted by atomic mass is 79.9. The molecule has 138 valence electrons. The normalized spacial score (nSPS) is 25.6. The molecule has 0 spiro atoms. The largest absolute Gasteiger partial charge is 0.335 e. The molecule has 1 saturated carbocycles. The van der Waals surface area contributed by atoms with Gasteiger partial charge in [0.1, 0.15) is 0 Å². The zero-order valence-electron chi connectivity index (χ0n) is 14.0. The Bertz CT molecular complexity index is 767. The van der Waals surface area contributed by atoms with Crippen molar-refractivity contribution in [3.05, 3.63) is 34.3 Å². The zero-order valence-corrected chi connectivity index (χ0v) is 16.4. The predicted molar refractivity (Wildman–Crippen MR) is 97.4 cm³/mol. The first kappa shape index (κ1) is 18.8. The first-order valence-corrected chi connectivity index (χ1v) is 11.1. The first-order valence-electron chi connectivity index (χ1n) is 8.40. The van der Waals surface area contributed by atoms with Crippen molar-refractivity contribution in [1.29, 1.82) is 0 Å². The summed E-state index contributed by atoms with van der Waals surface area (Å²) in [4.78, 5) is 14.2. The summed E-state index contributed by atoms with van der Waals surface area (Å²) >= 11 is 3.42. The van der Waals surface area contributed by atoms with E-state index in [0.29, 0.717) is 19.4 Å². The molecule has 2 fully saturated rings. The minimum Gasteiger partial charge on any atom is -0.335 e. The minimum absolute atomic E-state index is 0.260. The first-order chi connectivity index (χ1) is 11.7. The van der Waals surface area contributed by atoms with Crippen LogP contribution in [0.3, 0.4) is 0 Å². The average Bonchev–Trinajstić information content (AvgIpc) is 2.85. The number of halogens is 2. The van der Waals surface area contributed by atoms with Crippen LogP contribution >= 0.6 is 15.9 Å². The maximum atomic E-state index is 14.7. The number of nitrogens with zero attached hydrogens (tertiary/aromatic N) is 1. The molecule has 8 heteroatoms. The molecule has 1 aliphatic heterocycles. The highest BCUT2D eigenvalue weighted by Gasteiger charge is 2.50. The van der Waals surface area contributed by atoms with E-state index >= 15 is 0 Å². The number of nitrogens with one attached hydrogen (secondary N) is 1. The summed E-state index contributed by atoms with van der Waals surface area (Å²) in [7, 11) is -3.41. The fourth-order valence-electron chi connectivity index (χ4n) is 3.63. The van der Waals surface area contributed by atoms with Crippen LogP contribution in [0.1, 0.15) is 31.2 Å². The summed E-state index contributed by atoms with van der Waals surface area (Å²) in [6, 6.07) is 6.87. The maximum Gasteiger partial charge on any atom is 0.260 e. The molecule has 3 rings (SSSR count). The van der Waals surface area contributed by atoms with Crippen LogP contribution in [0.2, 0.25) is 0 Å². The Labute approximate surface area is 156 Å². The van der Waals surface area contributed by atoms with Gasteiger partial charge in [-0.3, -0.25) is 4.79 Å². The summed E-state index contributed by atoms with van der Waals surface area (Å²) in [5, 5.41) is 0. The van der Waals surface area contributed by atoms with E-state index in [2.05, 4.69) is 20.7 Å². The number of rotatable bonds is 5. The van der Waals surface area contributed by atoms with Gasteiger partial charge in [-0.25, -0.2) is 17.5 Å². The SMILES string of the molecule is CS(=O)(=O)N[C@H]1CCN(C(=O)C2(F)CCC2)[C@H]1Cc1cccc(Br)c1. The fourth-order valence-corrected chi connectivity index (χ4v) is 4.91. The lowest BCUT2D eigenvalue weighted by Gasteiger charge is -2.38. The third-order valence-corrected chi connectivity index (χ3v) is 6.26. The summed E-state index contributed by atoms with van der Waals surface area (Å²) in [6.07, 6.45) is 3.32. The Hall–Kier alpha value is -0.990. The third kappa shape index (κ3) is 4.23. The van der Waals surface area contributed by atoms with Gasteiger partial charge in [-0.1, -0.05) is 28.1 Å². The number of sulfonamides is 1. The van der Waals surface area contributed by atoms with Gasteiger partial charge in [-0.15, -0.1) is 0 Å². The number of hydrogen-bond donors (Lipinski definition) is 1. The Kier molecular flexibility index (Phi) is 5.23. The second-order valence-corrected chi connectivity index (χ2v) is 9.70. The van der Waals surface area contributed by atoms with E-state index in [-0.39, 0.29) is 18.9 Å². The van der Waals surface area contributed by atoms with Gasteiger partial charge in [-0.2, -0.15) is 0 Å². The van der Waals surface area contributed by atoms with Crippen molar-refractivity contribution in [3.63, 3.8) is 0 Å². The van der Waals surface area contributed by atoms with Crippen LogP contribution in [0.25, 0.3) is 0 Å². The lowest BCUT2D eigenvalue weighted by atomic mass is 9.80. The maximum absolute atomic E-state index is 14.7. The number of hydrogen-bond acceptors (Lipinski definition) is 3. The van der Waals surface area contributed by atoms with Crippen LogP contribution in [0.5, 0.6) is 0 Å². The molecule has 5 nitrogen and oxygen atoms in total. The lowest BCUT2D eigenvalue weighted by molar-refractivity contribution is -0.151.